The van der Waals surface area contributed by atoms with Gasteiger partial charge < -0.3 is 10.6 Å². The molecule has 0 aliphatic heterocycles. The summed E-state index contributed by atoms with van der Waals surface area (Å²) in [6.45, 7) is 6.19. The fourth-order valence-corrected chi connectivity index (χ4v) is 2.80. The van der Waals surface area contributed by atoms with Crippen molar-refractivity contribution < 1.29 is 9.59 Å². The van der Waals surface area contributed by atoms with Crippen LogP contribution in [0.3, 0.4) is 0 Å². The SMILES string of the molecule is CCCNC(=O)[C@H](C)NC(=O)CSc1nnnn1-c1ccccc1C. The van der Waals surface area contributed by atoms with Gasteiger partial charge in [0.25, 0.3) is 0 Å². The maximum atomic E-state index is 12.1. The van der Waals surface area contributed by atoms with Crippen LogP contribution in [0.15, 0.2) is 29.4 Å². The van der Waals surface area contributed by atoms with Crippen LogP contribution in [-0.2, 0) is 9.59 Å². The summed E-state index contributed by atoms with van der Waals surface area (Å²) < 4.78 is 1.60. The largest absolute Gasteiger partial charge is 0.354 e. The van der Waals surface area contributed by atoms with Gasteiger partial charge in [-0.25, -0.2) is 0 Å². The Bertz CT molecular complexity index is 733. The number of aromatic nitrogens is 4. The van der Waals surface area contributed by atoms with E-state index in [1.54, 1.807) is 11.6 Å². The molecule has 2 N–H and O–H groups in total. The summed E-state index contributed by atoms with van der Waals surface area (Å²) in [7, 11) is 0. The predicted molar refractivity (Wildman–Crippen MR) is 95.5 cm³/mol. The molecule has 0 saturated heterocycles. The maximum absolute atomic E-state index is 12.1. The Morgan fingerprint density at radius 1 is 1.32 bits per heavy atom. The zero-order valence-corrected chi connectivity index (χ0v) is 15.3. The molecule has 0 spiro atoms. The number of carbonyl (C=O) groups is 2. The summed E-state index contributed by atoms with van der Waals surface area (Å²) in [4.78, 5) is 23.8. The number of aryl methyl sites for hydroxylation is 1. The van der Waals surface area contributed by atoms with E-state index in [-0.39, 0.29) is 17.6 Å². The molecular formula is C16H22N6O2S. The van der Waals surface area contributed by atoms with Gasteiger partial charge in [-0.2, -0.15) is 4.68 Å². The van der Waals surface area contributed by atoms with E-state index in [0.29, 0.717) is 11.7 Å². The lowest BCUT2D eigenvalue weighted by Crippen LogP contribution is -2.45. The standard InChI is InChI=1S/C16H22N6O2S/c1-4-9-17-15(24)12(3)18-14(23)10-25-16-19-20-21-22(16)13-8-6-5-7-11(13)2/h5-8,12H,4,9-10H2,1-3H3,(H,17,24)(H,18,23)/t12-/m0/s1. The van der Waals surface area contributed by atoms with Gasteiger partial charge in [0.2, 0.25) is 17.0 Å². The van der Waals surface area contributed by atoms with E-state index in [1.165, 1.54) is 11.8 Å². The monoisotopic (exact) mass is 362 g/mol. The van der Waals surface area contributed by atoms with Gasteiger partial charge in [-0.15, -0.1) is 5.10 Å². The van der Waals surface area contributed by atoms with Gasteiger partial charge in [-0.1, -0.05) is 36.9 Å². The second kappa shape index (κ2) is 9.16. The van der Waals surface area contributed by atoms with E-state index in [9.17, 15) is 9.59 Å². The first-order chi connectivity index (χ1) is 12.0. The van der Waals surface area contributed by atoms with Gasteiger partial charge in [0, 0.05) is 6.54 Å². The number of para-hydroxylation sites is 1. The van der Waals surface area contributed by atoms with Crippen molar-refractivity contribution in [3.63, 3.8) is 0 Å². The summed E-state index contributed by atoms with van der Waals surface area (Å²) in [6.07, 6.45) is 0.851. The highest BCUT2D eigenvalue weighted by atomic mass is 32.2. The molecule has 2 aromatic rings. The van der Waals surface area contributed by atoms with Crippen molar-refractivity contribution in [2.75, 3.05) is 12.3 Å². The number of carbonyl (C=O) groups excluding carboxylic acids is 2. The van der Waals surface area contributed by atoms with E-state index in [0.717, 1.165) is 17.7 Å². The Labute approximate surface area is 150 Å². The fraction of sp³-hybridized carbons (Fsp3) is 0.438. The molecule has 1 aromatic heterocycles. The minimum absolute atomic E-state index is 0.123. The first-order valence-electron chi connectivity index (χ1n) is 8.07. The lowest BCUT2D eigenvalue weighted by molar-refractivity contribution is -0.127. The van der Waals surface area contributed by atoms with Crippen LogP contribution in [0.5, 0.6) is 0 Å². The predicted octanol–water partition coefficient (Wildman–Crippen LogP) is 1.09. The second-order valence-corrected chi connectivity index (χ2v) is 6.47. The molecule has 0 bridgehead atoms. The van der Waals surface area contributed by atoms with Crippen molar-refractivity contribution in [3.8, 4) is 5.69 Å². The molecule has 2 amide bonds. The number of benzene rings is 1. The number of hydrogen-bond donors (Lipinski definition) is 2. The molecule has 1 aromatic carbocycles. The summed E-state index contributed by atoms with van der Waals surface area (Å²) in [5.41, 5.74) is 1.89. The van der Waals surface area contributed by atoms with Crippen LogP contribution in [0.4, 0.5) is 0 Å². The van der Waals surface area contributed by atoms with Gasteiger partial charge in [-0.05, 0) is 42.3 Å². The molecule has 1 atom stereocenters. The first-order valence-corrected chi connectivity index (χ1v) is 9.05. The van der Waals surface area contributed by atoms with E-state index in [4.69, 9.17) is 0 Å². The van der Waals surface area contributed by atoms with Crippen molar-refractivity contribution in [3.05, 3.63) is 29.8 Å². The third kappa shape index (κ3) is 5.28. The molecular weight excluding hydrogens is 340 g/mol. The lowest BCUT2D eigenvalue weighted by atomic mass is 10.2. The molecule has 134 valence electrons. The Hall–Kier alpha value is -2.42. The fourth-order valence-electron chi connectivity index (χ4n) is 2.10. The molecule has 0 aliphatic rings. The normalized spacial score (nSPS) is 11.8. The lowest BCUT2D eigenvalue weighted by Gasteiger charge is -2.13. The smallest absolute Gasteiger partial charge is 0.242 e. The highest BCUT2D eigenvalue weighted by molar-refractivity contribution is 7.99. The van der Waals surface area contributed by atoms with Gasteiger partial charge in [0.15, 0.2) is 0 Å². The molecule has 0 saturated carbocycles. The van der Waals surface area contributed by atoms with Crippen LogP contribution in [0, 0.1) is 6.92 Å². The summed E-state index contributed by atoms with van der Waals surface area (Å²) in [6, 6.07) is 7.15. The summed E-state index contributed by atoms with van der Waals surface area (Å²) >= 11 is 1.22. The van der Waals surface area contributed by atoms with Gasteiger partial charge in [-0.3, -0.25) is 9.59 Å². The summed E-state index contributed by atoms with van der Waals surface area (Å²) in [5, 5.41) is 17.6. The van der Waals surface area contributed by atoms with Crippen molar-refractivity contribution in [1.29, 1.82) is 0 Å². The highest BCUT2D eigenvalue weighted by Gasteiger charge is 2.17. The number of hydrogen-bond acceptors (Lipinski definition) is 6. The molecule has 0 aliphatic carbocycles. The van der Waals surface area contributed by atoms with Crippen LogP contribution >= 0.6 is 11.8 Å². The zero-order valence-electron chi connectivity index (χ0n) is 14.5. The van der Waals surface area contributed by atoms with Crippen LogP contribution in [0.25, 0.3) is 5.69 Å². The van der Waals surface area contributed by atoms with E-state index < -0.39 is 6.04 Å². The molecule has 8 nitrogen and oxygen atoms in total. The number of nitrogens with zero attached hydrogens (tertiary/aromatic N) is 4. The highest BCUT2D eigenvalue weighted by Crippen LogP contribution is 2.20. The van der Waals surface area contributed by atoms with E-state index in [2.05, 4.69) is 26.2 Å². The Kier molecular flexibility index (Phi) is 6.93. The molecule has 9 heteroatoms. The average molecular weight is 362 g/mol. The molecule has 0 fully saturated rings. The third-order valence-corrected chi connectivity index (χ3v) is 4.36. The molecule has 25 heavy (non-hydrogen) atoms. The Morgan fingerprint density at radius 3 is 2.80 bits per heavy atom. The van der Waals surface area contributed by atoms with Crippen molar-refractivity contribution in [2.24, 2.45) is 0 Å². The Morgan fingerprint density at radius 2 is 2.08 bits per heavy atom. The number of nitrogens with one attached hydrogen (secondary N) is 2. The minimum atomic E-state index is -0.577. The Balaban J connectivity index is 1.92. The van der Waals surface area contributed by atoms with Crippen LogP contribution < -0.4 is 10.6 Å². The number of amides is 2. The number of rotatable bonds is 8. The van der Waals surface area contributed by atoms with Gasteiger partial charge >= 0.3 is 0 Å². The van der Waals surface area contributed by atoms with Crippen molar-refractivity contribution in [1.82, 2.24) is 30.8 Å². The quantitative estimate of drug-likeness (QED) is 0.682. The van der Waals surface area contributed by atoms with Crippen molar-refractivity contribution in [2.45, 2.75) is 38.4 Å². The molecule has 0 unspecified atom stereocenters. The molecule has 2 rings (SSSR count). The zero-order chi connectivity index (χ0) is 18.2. The minimum Gasteiger partial charge on any atom is -0.354 e. The molecule has 1 heterocycles. The first kappa shape index (κ1) is 18.9. The topological polar surface area (TPSA) is 102 Å². The van der Waals surface area contributed by atoms with Crippen LogP contribution in [0.1, 0.15) is 25.8 Å². The maximum Gasteiger partial charge on any atom is 0.242 e. The van der Waals surface area contributed by atoms with E-state index in [1.807, 2.05) is 38.1 Å². The van der Waals surface area contributed by atoms with Crippen molar-refractivity contribution >= 4 is 23.6 Å². The average Bonchev–Trinajstić information content (AvgIpc) is 3.06. The number of tetrazole rings is 1. The van der Waals surface area contributed by atoms with Crippen LogP contribution in [0.2, 0.25) is 0 Å². The third-order valence-electron chi connectivity index (χ3n) is 3.44. The summed E-state index contributed by atoms with van der Waals surface area (Å²) in [5.74, 6) is -0.314. The van der Waals surface area contributed by atoms with Gasteiger partial charge in [0.1, 0.15) is 6.04 Å². The number of thioether (sulfide) groups is 1. The molecule has 0 radical (unpaired) electrons. The van der Waals surface area contributed by atoms with E-state index >= 15 is 0 Å². The van der Waals surface area contributed by atoms with Gasteiger partial charge in [0.05, 0.1) is 11.4 Å². The van der Waals surface area contributed by atoms with Crippen LogP contribution in [-0.4, -0.2) is 50.4 Å². The second-order valence-electron chi connectivity index (χ2n) is 5.53.